The van der Waals surface area contributed by atoms with Gasteiger partial charge in [0.2, 0.25) is 0 Å². The van der Waals surface area contributed by atoms with Crippen molar-refractivity contribution in [1.29, 1.82) is 0 Å². The molecule has 0 unspecified atom stereocenters. The van der Waals surface area contributed by atoms with Gasteiger partial charge in [-0.2, -0.15) is 5.10 Å². The van der Waals surface area contributed by atoms with Gasteiger partial charge < -0.3 is 5.73 Å². The first-order valence-electron chi connectivity index (χ1n) is 5.49. The zero-order valence-corrected chi connectivity index (χ0v) is 9.76. The van der Waals surface area contributed by atoms with Crippen molar-refractivity contribution >= 4 is 16.6 Å². The van der Waals surface area contributed by atoms with Crippen LogP contribution in [-0.2, 0) is 7.05 Å². The highest BCUT2D eigenvalue weighted by Crippen LogP contribution is 2.26. The molecule has 0 saturated carbocycles. The molecule has 0 bridgehead atoms. The maximum atomic E-state index is 13.2. The lowest BCUT2D eigenvalue weighted by Crippen LogP contribution is -1.98. The Hall–Kier alpha value is -2.43. The molecule has 2 heterocycles. The lowest BCUT2D eigenvalue weighted by Gasteiger charge is -2.06. The van der Waals surface area contributed by atoms with Crippen molar-refractivity contribution in [3.8, 4) is 11.4 Å². The normalized spacial score (nSPS) is 11.0. The van der Waals surface area contributed by atoms with Crippen molar-refractivity contribution in [2.45, 2.75) is 0 Å². The van der Waals surface area contributed by atoms with Gasteiger partial charge in [0.05, 0.1) is 16.9 Å². The van der Waals surface area contributed by atoms with E-state index in [0.717, 1.165) is 11.4 Å². The zero-order chi connectivity index (χ0) is 12.7. The van der Waals surface area contributed by atoms with Crippen LogP contribution in [0.1, 0.15) is 0 Å². The molecule has 0 atom stereocenters. The second-order valence-corrected chi connectivity index (χ2v) is 4.10. The van der Waals surface area contributed by atoms with Crippen LogP contribution < -0.4 is 5.73 Å². The van der Waals surface area contributed by atoms with Gasteiger partial charge in [-0.3, -0.25) is 4.68 Å². The minimum atomic E-state index is -0.315. The Morgan fingerprint density at radius 2 is 2.06 bits per heavy atom. The number of pyridine rings is 1. The van der Waals surface area contributed by atoms with Gasteiger partial charge in [0.1, 0.15) is 5.82 Å². The fourth-order valence-electron chi connectivity index (χ4n) is 1.98. The number of fused-ring (bicyclic) bond motifs is 1. The molecule has 2 N–H and O–H groups in total. The van der Waals surface area contributed by atoms with E-state index < -0.39 is 0 Å². The van der Waals surface area contributed by atoms with Gasteiger partial charge >= 0.3 is 0 Å². The number of benzene rings is 1. The first-order chi connectivity index (χ1) is 8.65. The lowest BCUT2D eigenvalue weighted by molar-refractivity contribution is 0.629. The molecule has 0 saturated heterocycles. The van der Waals surface area contributed by atoms with E-state index in [9.17, 15) is 4.39 Å². The number of hydrogen-bond donors (Lipinski definition) is 1. The Balaban J connectivity index is 2.28. The maximum absolute atomic E-state index is 13.2. The first kappa shape index (κ1) is 10.7. The molecule has 0 amide bonds. The summed E-state index contributed by atoms with van der Waals surface area (Å²) < 4.78 is 14.9. The Morgan fingerprint density at radius 1 is 1.22 bits per heavy atom. The third-order valence-electron chi connectivity index (χ3n) is 2.89. The predicted octanol–water partition coefficient (Wildman–Crippen LogP) is 2.36. The average molecular weight is 242 g/mol. The fourth-order valence-corrected chi connectivity index (χ4v) is 1.98. The van der Waals surface area contributed by atoms with E-state index >= 15 is 0 Å². The standard InChI is InChI=1S/C13H11FN4/c1-18-13(4-5-16-18)12-7-10(15)9-6-8(14)2-3-11(9)17-12/h2-7H,1H3,(H2,15,17). The van der Waals surface area contributed by atoms with Crippen molar-refractivity contribution in [1.82, 2.24) is 14.8 Å². The highest BCUT2D eigenvalue weighted by atomic mass is 19.1. The number of hydrogen-bond acceptors (Lipinski definition) is 3. The van der Waals surface area contributed by atoms with E-state index in [1.165, 1.54) is 12.1 Å². The van der Waals surface area contributed by atoms with Crippen LogP contribution in [0.3, 0.4) is 0 Å². The predicted molar refractivity (Wildman–Crippen MR) is 68.3 cm³/mol. The Bertz CT molecular complexity index is 733. The number of aromatic nitrogens is 3. The summed E-state index contributed by atoms with van der Waals surface area (Å²) in [5.41, 5.74) is 8.73. The number of nitrogens with two attached hydrogens (primary N) is 1. The molecule has 90 valence electrons. The van der Waals surface area contributed by atoms with E-state index in [4.69, 9.17) is 5.73 Å². The van der Waals surface area contributed by atoms with Gasteiger partial charge in [-0.05, 0) is 30.3 Å². The molecule has 2 aromatic heterocycles. The topological polar surface area (TPSA) is 56.7 Å². The van der Waals surface area contributed by atoms with Crippen molar-refractivity contribution in [2.75, 3.05) is 5.73 Å². The van der Waals surface area contributed by atoms with Crippen LogP contribution in [0.25, 0.3) is 22.3 Å². The maximum Gasteiger partial charge on any atom is 0.124 e. The summed E-state index contributed by atoms with van der Waals surface area (Å²) in [6.07, 6.45) is 1.70. The molecule has 0 spiro atoms. The van der Waals surface area contributed by atoms with E-state index in [-0.39, 0.29) is 5.82 Å². The second-order valence-electron chi connectivity index (χ2n) is 4.10. The van der Waals surface area contributed by atoms with Crippen LogP contribution in [0.4, 0.5) is 10.1 Å². The summed E-state index contributed by atoms with van der Waals surface area (Å²) >= 11 is 0. The van der Waals surface area contributed by atoms with Crippen molar-refractivity contribution in [2.24, 2.45) is 7.05 Å². The Morgan fingerprint density at radius 3 is 2.78 bits per heavy atom. The molecule has 18 heavy (non-hydrogen) atoms. The zero-order valence-electron chi connectivity index (χ0n) is 9.76. The number of nitrogens with zero attached hydrogens (tertiary/aromatic N) is 3. The van der Waals surface area contributed by atoms with Crippen LogP contribution in [0, 0.1) is 5.82 Å². The molecule has 0 radical (unpaired) electrons. The minimum Gasteiger partial charge on any atom is -0.398 e. The summed E-state index contributed by atoms with van der Waals surface area (Å²) in [5, 5.41) is 4.72. The summed E-state index contributed by atoms with van der Waals surface area (Å²) in [5.74, 6) is -0.315. The number of anilines is 1. The first-order valence-corrected chi connectivity index (χ1v) is 5.49. The molecule has 0 aliphatic carbocycles. The third-order valence-corrected chi connectivity index (χ3v) is 2.89. The average Bonchev–Trinajstić information content (AvgIpc) is 2.76. The van der Waals surface area contributed by atoms with Crippen LogP contribution in [0.5, 0.6) is 0 Å². The smallest absolute Gasteiger partial charge is 0.124 e. The molecular formula is C13H11FN4. The Kier molecular flexibility index (Phi) is 2.26. The molecule has 3 aromatic rings. The largest absolute Gasteiger partial charge is 0.398 e. The van der Waals surface area contributed by atoms with Gasteiger partial charge in [0, 0.05) is 24.3 Å². The molecular weight excluding hydrogens is 231 g/mol. The van der Waals surface area contributed by atoms with Gasteiger partial charge in [0.25, 0.3) is 0 Å². The van der Waals surface area contributed by atoms with E-state index in [0.29, 0.717) is 16.6 Å². The molecule has 3 rings (SSSR count). The van der Waals surface area contributed by atoms with Crippen molar-refractivity contribution < 1.29 is 4.39 Å². The molecule has 1 aromatic carbocycles. The van der Waals surface area contributed by atoms with E-state index in [1.807, 2.05) is 13.1 Å². The van der Waals surface area contributed by atoms with Crippen LogP contribution in [0.2, 0.25) is 0 Å². The van der Waals surface area contributed by atoms with E-state index in [1.54, 1.807) is 23.0 Å². The van der Waals surface area contributed by atoms with Gasteiger partial charge in [-0.25, -0.2) is 9.37 Å². The summed E-state index contributed by atoms with van der Waals surface area (Å²) in [4.78, 5) is 4.47. The number of halogens is 1. The third kappa shape index (κ3) is 1.60. The van der Waals surface area contributed by atoms with Gasteiger partial charge in [-0.15, -0.1) is 0 Å². The molecule has 0 aliphatic rings. The van der Waals surface area contributed by atoms with Gasteiger partial charge in [-0.1, -0.05) is 0 Å². The van der Waals surface area contributed by atoms with Crippen LogP contribution >= 0.6 is 0 Å². The number of aryl methyl sites for hydroxylation is 1. The highest BCUT2D eigenvalue weighted by Gasteiger charge is 2.08. The quantitative estimate of drug-likeness (QED) is 0.712. The van der Waals surface area contributed by atoms with Crippen LogP contribution in [-0.4, -0.2) is 14.8 Å². The molecule has 5 heteroatoms. The highest BCUT2D eigenvalue weighted by molar-refractivity contribution is 5.92. The molecule has 0 aliphatic heterocycles. The SMILES string of the molecule is Cn1nccc1-c1cc(N)c2cc(F)ccc2n1. The Labute approximate surface area is 103 Å². The monoisotopic (exact) mass is 242 g/mol. The number of rotatable bonds is 1. The number of nitrogen functional groups attached to an aromatic ring is 1. The van der Waals surface area contributed by atoms with Crippen molar-refractivity contribution in [3.63, 3.8) is 0 Å². The lowest BCUT2D eigenvalue weighted by atomic mass is 10.1. The summed E-state index contributed by atoms with van der Waals surface area (Å²) in [6, 6.07) is 7.99. The minimum absolute atomic E-state index is 0.315. The van der Waals surface area contributed by atoms with Crippen LogP contribution in [0.15, 0.2) is 36.5 Å². The van der Waals surface area contributed by atoms with Crippen molar-refractivity contribution in [3.05, 3.63) is 42.3 Å². The molecule has 0 fully saturated rings. The second kappa shape index (κ2) is 3.80. The summed E-state index contributed by atoms with van der Waals surface area (Å²) in [7, 11) is 1.84. The molecule has 4 nitrogen and oxygen atoms in total. The van der Waals surface area contributed by atoms with E-state index in [2.05, 4.69) is 10.1 Å². The fraction of sp³-hybridized carbons (Fsp3) is 0.0769. The summed E-state index contributed by atoms with van der Waals surface area (Å²) in [6.45, 7) is 0. The van der Waals surface area contributed by atoms with Gasteiger partial charge in [0.15, 0.2) is 0 Å².